The molecule has 0 atom stereocenters. The summed E-state index contributed by atoms with van der Waals surface area (Å²) in [5, 5.41) is 0.716. The van der Waals surface area contributed by atoms with Gasteiger partial charge in [0.1, 0.15) is 22.9 Å². The van der Waals surface area contributed by atoms with Crippen LogP contribution in [0, 0.1) is 5.82 Å². The average molecular weight is 815 g/mol. The van der Waals surface area contributed by atoms with Crippen LogP contribution >= 0.6 is 15.9 Å². The van der Waals surface area contributed by atoms with Gasteiger partial charge in [0.2, 0.25) is 10.9 Å². The Morgan fingerprint density at radius 3 is 1.68 bits per heavy atom. The maximum absolute atomic E-state index is 16.7. The lowest BCUT2D eigenvalue weighted by Crippen LogP contribution is -2.43. The smallest absolute Gasteiger partial charge is 0.201 e. The Bertz CT molecular complexity index is 2970. The van der Waals surface area contributed by atoms with Gasteiger partial charge in [0.15, 0.2) is 5.58 Å². The van der Waals surface area contributed by atoms with Crippen LogP contribution < -0.4 is 16.6 Å². The van der Waals surface area contributed by atoms with E-state index in [1.807, 2.05) is 121 Å². The molecule has 0 unspecified atom stereocenters. The van der Waals surface area contributed by atoms with Crippen LogP contribution in [0.5, 0.6) is 0 Å². The number of benzene rings is 6. The van der Waals surface area contributed by atoms with E-state index in [1.165, 1.54) is 6.07 Å². The van der Waals surface area contributed by atoms with Crippen molar-refractivity contribution in [2.75, 3.05) is 0 Å². The number of nitrogens with two attached hydrogens (primary N) is 1. The maximum atomic E-state index is 16.7. The van der Waals surface area contributed by atoms with E-state index in [2.05, 4.69) is 15.9 Å². The first kappa shape index (κ1) is 35.5. The molecule has 2 fully saturated rings. The molecule has 6 aromatic carbocycles. The van der Waals surface area contributed by atoms with E-state index < -0.39 is 11.2 Å². The van der Waals surface area contributed by atoms with Gasteiger partial charge < -0.3 is 14.6 Å². The minimum absolute atomic E-state index is 0.149. The van der Waals surface area contributed by atoms with Gasteiger partial charge in [-0.15, -0.1) is 0 Å². The van der Waals surface area contributed by atoms with Crippen LogP contribution in [-0.2, 0) is 11.0 Å². The number of fused-ring (bicyclic) bond motifs is 2. The highest BCUT2D eigenvalue weighted by Gasteiger charge is 2.44. The second-order valence-electron chi connectivity index (χ2n) is 15.5. The number of para-hydroxylation sites is 1. The van der Waals surface area contributed by atoms with E-state index in [0.717, 1.165) is 47.9 Å². The van der Waals surface area contributed by atoms with Gasteiger partial charge in [-0.05, 0) is 94.6 Å². The van der Waals surface area contributed by atoms with Gasteiger partial charge >= 0.3 is 0 Å². The number of rotatable bonds is 7. The van der Waals surface area contributed by atoms with E-state index in [1.54, 1.807) is 12.1 Å². The molecule has 0 bridgehead atoms. The molecule has 8 aromatic rings. The molecule has 57 heavy (non-hydrogen) atoms. The molecule has 0 radical (unpaired) electrons. The summed E-state index contributed by atoms with van der Waals surface area (Å²) in [6, 6.07) is 43.3. The number of halogens is 2. The van der Waals surface area contributed by atoms with Gasteiger partial charge in [-0.2, -0.15) is 0 Å². The van der Waals surface area contributed by atoms with Crippen LogP contribution in [0.4, 0.5) is 4.39 Å². The Hall–Kier alpha value is -5.89. The Morgan fingerprint density at radius 1 is 0.561 bits per heavy atom. The summed E-state index contributed by atoms with van der Waals surface area (Å²) in [4.78, 5) is 29.4. The van der Waals surface area contributed by atoms with Crippen LogP contribution in [-0.4, -0.2) is 0 Å². The zero-order valence-corrected chi connectivity index (χ0v) is 32.6. The zero-order valence-electron chi connectivity index (χ0n) is 31.0. The summed E-state index contributed by atoms with van der Waals surface area (Å²) in [5.74, 6) is 0.453. The molecule has 10 rings (SSSR count). The third-order valence-electron chi connectivity index (χ3n) is 12.4. The minimum atomic E-state index is -0.788. The highest BCUT2D eigenvalue weighted by atomic mass is 79.9. The van der Waals surface area contributed by atoms with Crippen molar-refractivity contribution >= 4 is 37.9 Å². The molecule has 2 saturated carbocycles. The molecular weight excluding hydrogens is 777 g/mol. The predicted molar refractivity (Wildman–Crippen MR) is 229 cm³/mol. The summed E-state index contributed by atoms with van der Waals surface area (Å²) in [5.41, 5.74) is 11.9. The van der Waals surface area contributed by atoms with E-state index in [0.29, 0.717) is 73.2 Å². The normalized spacial score (nSPS) is 15.6. The predicted octanol–water partition coefficient (Wildman–Crippen LogP) is 12.3. The van der Waals surface area contributed by atoms with Gasteiger partial charge in [0.25, 0.3) is 0 Å². The number of hydrogen-bond donors (Lipinski definition) is 1. The quantitative estimate of drug-likeness (QED) is 0.173. The zero-order chi connectivity index (χ0) is 38.9. The van der Waals surface area contributed by atoms with Crippen molar-refractivity contribution in [3.05, 3.63) is 187 Å². The molecule has 0 saturated heterocycles. The molecule has 0 spiro atoms. The molecule has 2 aliphatic rings. The molecule has 2 aromatic heterocycles. The summed E-state index contributed by atoms with van der Waals surface area (Å²) in [7, 11) is 0. The lowest BCUT2D eigenvalue weighted by Gasteiger charge is -2.43. The molecule has 5 nitrogen and oxygen atoms in total. The molecule has 2 N–H and O–H groups in total. The summed E-state index contributed by atoms with van der Waals surface area (Å²) in [6.07, 6.45) is 5.09. The second kappa shape index (κ2) is 13.6. The fourth-order valence-corrected chi connectivity index (χ4v) is 9.45. The van der Waals surface area contributed by atoms with Crippen LogP contribution in [0.2, 0.25) is 0 Å². The lowest BCUT2D eigenvalue weighted by atomic mass is 9.59. The Balaban J connectivity index is 1.15. The van der Waals surface area contributed by atoms with Gasteiger partial charge in [-0.1, -0.05) is 122 Å². The van der Waals surface area contributed by atoms with Gasteiger partial charge in [-0.25, -0.2) is 4.39 Å². The molecular formula is C50H37BrFNO4. The maximum Gasteiger partial charge on any atom is 0.201 e. The van der Waals surface area contributed by atoms with E-state index >= 15 is 9.18 Å². The fraction of sp³-hybridized carbons (Fsp3) is 0.160. The molecule has 280 valence electrons. The minimum Gasteiger partial charge on any atom is -0.455 e. The van der Waals surface area contributed by atoms with Crippen LogP contribution in [0.15, 0.2) is 162 Å². The summed E-state index contributed by atoms with van der Waals surface area (Å²) < 4.78 is 30.5. The van der Waals surface area contributed by atoms with Crippen molar-refractivity contribution in [3.63, 3.8) is 0 Å². The summed E-state index contributed by atoms with van der Waals surface area (Å²) in [6.45, 7) is 0. The SMILES string of the molecule is NC1(c2ccc(-c3c(-c4ccccc4)oc4ccc(F)c(C5(c6ccc(-c7c(-c8ccccc8)oc8c(Br)cccc8c7=O)cc6)CCC5)c4c3=O)cc2)CCC1. The van der Waals surface area contributed by atoms with Crippen LogP contribution in [0.3, 0.4) is 0 Å². The summed E-state index contributed by atoms with van der Waals surface area (Å²) >= 11 is 3.57. The Morgan fingerprint density at radius 2 is 1.12 bits per heavy atom. The van der Waals surface area contributed by atoms with E-state index in [4.69, 9.17) is 14.6 Å². The monoisotopic (exact) mass is 813 g/mol. The largest absolute Gasteiger partial charge is 0.455 e. The van der Waals surface area contributed by atoms with Crippen LogP contribution in [0.1, 0.15) is 55.2 Å². The number of hydrogen-bond acceptors (Lipinski definition) is 5. The van der Waals surface area contributed by atoms with Crippen molar-refractivity contribution in [2.24, 2.45) is 5.73 Å². The van der Waals surface area contributed by atoms with Crippen LogP contribution in [0.25, 0.3) is 66.8 Å². The third-order valence-corrected chi connectivity index (χ3v) is 13.0. The van der Waals surface area contributed by atoms with Crippen molar-refractivity contribution in [3.8, 4) is 44.9 Å². The molecule has 2 heterocycles. The Labute approximate surface area is 336 Å². The first-order chi connectivity index (χ1) is 27.8. The van der Waals surface area contributed by atoms with Crippen molar-refractivity contribution in [2.45, 2.75) is 49.5 Å². The van der Waals surface area contributed by atoms with Crippen molar-refractivity contribution < 1.29 is 13.2 Å². The van der Waals surface area contributed by atoms with Crippen molar-refractivity contribution in [1.82, 2.24) is 0 Å². The Kier molecular flexibility index (Phi) is 8.50. The highest BCUT2D eigenvalue weighted by Crippen LogP contribution is 2.52. The highest BCUT2D eigenvalue weighted by molar-refractivity contribution is 9.10. The first-order valence-electron chi connectivity index (χ1n) is 19.4. The topological polar surface area (TPSA) is 86.4 Å². The van der Waals surface area contributed by atoms with Gasteiger partial charge in [0, 0.05) is 27.6 Å². The molecule has 0 amide bonds. The second-order valence-corrected chi connectivity index (χ2v) is 16.4. The fourth-order valence-electron chi connectivity index (χ4n) is 9.00. The average Bonchev–Trinajstić information content (AvgIpc) is 3.21. The van der Waals surface area contributed by atoms with E-state index in [9.17, 15) is 4.79 Å². The van der Waals surface area contributed by atoms with Crippen molar-refractivity contribution in [1.29, 1.82) is 0 Å². The van der Waals surface area contributed by atoms with Gasteiger partial charge in [-0.3, -0.25) is 9.59 Å². The van der Waals surface area contributed by atoms with E-state index in [-0.39, 0.29) is 21.8 Å². The molecule has 0 aliphatic heterocycles. The third kappa shape index (κ3) is 5.66. The standard InChI is InChI=1S/C50H37BrFNO4/c51-37-15-7-14-36-44(54)40(47(57-48(36)37)33-12-5-2-6-13-33)30-16-20-34(21-17-30)49(26-8-27-49)43-38(52)24-25-39-42(43)45(55)41(46(56-39)32-10-3-1-4-11-32)31-18-22-35(23-19-31)50(53)28-9-29-50/h1-7,10-25H,8-9,26-29,53H2. The first-order valence-corrected chi connectivity index (χ1v) is 20.2. The molecule has 7 heteroatoms. The van der Waals surface area contributed by atoms with Gasteiger partial charge in [0.05, 0.1) is 26.4 Å². The molecule has 2 aliphatic carbocycles. The lowest BCUT2D eigenvalue weighted by molar-refractivity contribution is 0.253.